The number of hydrogen-bond donors (Lipinski definition) is 0. The molecule has 0 N–H and O–H groups in total. The molecule has 0 bridgehead atoms. The van der Waals surface area contributed by atoms with Crippen molar-refractivity contribution in [1.29, 1.82) is 0 Å². The van der Waals surface area contributed by atoms with Crippen LogP contribution in [0.3, 0.4) is 0 Å². The predicted molar refractivity (Wildman–Crippen MR) is 53.4 cm³/mol. The van der Waals surface area contributed by atoms with Crippen LogP contribution in [0.5, 0.6) is 0 Å². The highest BCUT2D eigenvalue weighted by Gasteiger charge is 2.34. The van der Waals surface area contributed by atoms with E-state index in [0.717, 1.165) is 12.8 Å². The topological polar surface area (TPSA) is 17.1 Å². The minimum Gasteiger partial charge on any atom is -0.295 e. The summed E-state index contributed by atoms with van der Waals surface area (Å²) in [6.07, 6.45) is 9.48. The van der Waals surface area contributed by atoms with Crippen LogP contribution in [0.1, 0.15) is 32.1 Å². The van der Waals surface area contributed by atoms with Crippen molar-refractivity contribution < 1.29 is 4.79 Å². The van der Waals surface area contributed by atoms with E-state index in [1.165, 1.54) is 24.8 Å². The van der Waals surface area contributed by atoms with Crippen molar-refractivity contribution in [3.8, 4) is 0 Å². The zero-order chi connectivity index (χ0) is 9.26. The molecule has 0 aliphatic heterocycles. The summed E-state index contributed by atoms with van der Waals surface area (Å²) >= 11 is 0. The molecule has 0 saturated heterocycles. The molecule has 0 aromatic carbocycles. The Hall–Kier alpha value is -0.850. The molecular weight excluding hydrogens is 160 g/mol. The SMILES string of the molecule is C=CCC[C@@H]1CC[C@H]2CC(=O)C=C12. The summed E-state index contributed by atoms with van der Waals surface area (Å²) in [6.45, 7) is 3.74. The largest absolute Gasteiger partial charge is 0.295 e. The molecule has 70 valence electrons. The maximum absolute atomic E-state index is 11.2. The van der Waals surface area contributed by atoms with Crippen LogP contribution in [0.4, 0.5) is 0 Å². The van der Waals surface area contributed by atoms with Crippen LogP contribution in [-0.2, 0) is 4.79 Å². The summed E-state index contributed by atoms with van der Waals surface area (Å²) in [5.41, 5.74) is 1.45. The first kappa shape index (κ1) is 8.74. The monoisotopic (exact) mass is 176 g/mol. The van der Waals surface area contributed by atoms with E-state index in [1.54, 1.807) is 0 Å². The highest BCUT2D eigenvalue weighted by molar-refractivity contribution is 5.93. The molecule has 0 aromatic heterocycles. The van der Waals surface area contributed by atoms with E-state index in [0.29, 0.717) is 17.6 Å². The summed E-state index contributed by atoms with van der Waals surface area (Å²) in [5, 5.41) is 0. The summed E-state index contributed by atoms with van der Waals surface area (Å²) in [6, 6.07) is 0. The first-order valence-electron chi connectivity index (χ1n) is 5.16. The van der Waals surface area contributed by atoms with Gasteiger partial charge in [-0.25, -0.2) is 0 Å². The van der Waals surface area contributed by atoms with E-state index in [9.17, 15) is 4.79 Å². The molecule has 13 heavy (non-hydrogen) atoms. The minimum absolute atomic E-state index is 0.350. The van der Waals surface area contributed by atoms with Gasteiger partial charge in [-0.15, -0.1) is 6.58 Å². The number of ketones is 1. The molecule has 0 aromatic rings. The number of carbonyl (C=O) groups excluding carboxylic acids is 1. The number of rotatable bonds is 3. The quantitative estimate of drug-likeness (QED) is 0.604. The van der Waals surface area contributed by atoms with Crippen molar-refractivity contribution in [1.82, 2.24) is 0 Å². The molecule has 0 amide bonds. The molecule has 0 unspecified atom stereocenters. The molecular formula is C12H16O. The standard InChI is InChI=1S/C12H16O/c1-2-3-4-9-5-6-10-7-11(13)8-12(9)10/h2,8-10H,1,3-7H2/t9-,10+/m1/s1. The lowest BCUT2D eigenvalue weighted by Crippen LogP contribution is -1.97. The highest BCUT2D eigenvalue weighted by atomic mass is 16.1. The summed E-state index contributed by atoms with van der Waals surface area (Å²) < 4.78 is 0. The van der Waals surface area contributed by atoms with E-state index in [1.807, 2.05) is 12.2 Å². The Morgan fingerprint density at radius 3 is 3.15 bits per heavy atom. The van der Waals surface area contributed by atoms with Crippen LogP contribution in [0.15, 0.2) is 24.3 Å². The Balaban J connectivity index is 2.02. The fraction of sp³-hybridized carbons (Fsp3) is 0.583. The summed E-state index contributed by atoms with van der Waals surface area (Å²) in [5.74, 6) is 1.65. The second-order valence-electron chi connectivity index (χ2n) is 4.15. The third kappa shape index (κ3) is 1.60. The lowest BCUT2D eigenvalue weighted by atomic mass is 9.95. The molecule has 1 heteroatoms. The minimum atomic E-state index is 0.350. The zero-order valence-electron chi connectivity index (χ0n) is 7.96. The Morgan fingerprint density at radius 1 is 1.54 bits per heavy atom. The average Bonchev–Trinajstić information content (AvgIpc) is 2.61. The van der Waals surface area contributed by atoms with Gasteiger partial charge in [-0.3, -0.25) is 4.79 Å². The fourth-order valence-electron chi connectivity index (χ4n) is 2.64. The van der Waals surface area contributed by atoms with Crippen LogP contribution in [-0.4, -0.2) is 5.78 Å². The van der Waals surface area contributed by atoms with Crippen LogP contribution in [0.2, 0.25) is 0 Å². The van der Waals surface area contributed by atoms with E-state index >= 15 is 0 Å². The predicted octanol–water partition coefficient (Wildman–Crippen LogP) is 2.88. The lowest BCUT2D eigenvalue weighted by molar-refractivity contribution is -0.114. The van der Waals surface area contributed by atoms with E-state index in [4.69, 9.17) is 0 Å². The third-order valence-electron chi connectivity index (χ3n) is 3.30. The molecule has 1 fully saturated rings. The Kier molecular flexibility index (Phi) is 2.34. The van der Waals surface area contributed by atoms with Crippen molar-refractivity contribution >= 4 is 5.78 Å². The first-order valence-corrected chi connectivity index (χ1v) is 5.16. The van der Waals surface area contributed by atoms with Gasteiger partial charge in [0.1, 0.15) is 0 Å². The summed E-state index contributed by atoms with van der Waals surface area (Å²) in [7, 11) is 0. The average molecular weight is 176 g/mol. The van der Waals surface area contributed by atoms with Crippen LogP contribution < -0.4 is 0 Å². The highest BCUT2D eigenvalue weighted by Crippen LogP contribution is 2.44. The van der Waals surface area contributed by atoms with Crippen LogP contribution in [0.25, 0.3) is 0 Å². The molecule has 2 aliphatic carbocycles. The fourth-order valence-corrected chi connectivity index (χ4v) is 2.64. The second kappa shape index (κ2) is 3.49. The Bertz CT molecular complexity index is 262. The van der Waals surface area contributed by atoms with Gasteiger partial charge in [-0.1, -0.05) is 11.6 Å². The van der Waals surface area contributed by atoms with Gasteiger partial charge in [0, 0.05) is 6.42 Å². The van der Waals surface area contributed by atoms with Crippen LogP contribution >= 0.6 is 0 Å². The van der Waals surface area contributed by atoms with Gasteiger partial charge in [-0.2, -0.15) is 0 Å². The first-order chi connectivity index (χ1) is 6.31. The number of fused-ring (bicyclic) bond motifs is 1. The molecule has 0 radical (unpaired) electrons. The molecule has 0 spiro atoms. The number of hydrogen-bond acceptors (Lipinski definition) is 1. The van der Waals surface area contributed by atoms with Gasteiger partial charge in [0.15, 0.2) is 5.78 Å². The van der Waals surface area contributed by atoms with Crippen molar-refractivity contribution in [2.24, 2.45) is 11.8 Å². The van der Waals surface area contributed by atoms with Gasteiger partial charge in [0.05, 0.1) is 0 Å². The molecule has 1 saturated carbocycles. The molecule has 1 nitrogen and oxygen atoms in total. The lowest BCUT2D eigenvalue weighted by Gasteiger charge is -2.09. The number of allylic oxidation sites excluding steroid dienone is 3. The maximum Gasteiger partial charge on any atom is 0.156 e. The van der Waals surface area contributed by atoms with Gasteiger partial charge >= 0.3 is 0 Å². The van der Waals surface area contributed by atoms with Crippen LogP contribution in [0, 0.1) is 11.8 Å². The van der Waals surface area contributed by atoms with Crippen molar-refractivity contribution in [2.45, 2.75) is 32.1 Å². The third-order valence-corrected chi connectivity index (χ3v) is 3.30. The van der Waals surface area contributed by atoms with Gasteiger partial charge < -0.3 is 0 Å². The van der Waals surface area contributed by atoms with Crippen molar-refractivity contribution in [3.63, 3.8) is 0 Å². The van der Waals surface area contributed by atoms with Gasteiger partial charge in [0.25, 0.3) is 0 Å². The van der Waals surface area contributed by atoms with Crippen molar-refractivity contribution in [3.05, 3.63) is 24.3 Å². The summed E-state index contributed by atoms with van der Waals surface area (Å²) in [4.78, 5) is 11.2. The van der Waals surface area contributed by atoms with Gasteiger partial charge in [0.2, 0.25) is 0 Å². The second-order valence-corrected chi connectivity index (χ2v) is 4.15. The molecule has 2 atom stereocenters. The van der Waals surface area contributed by atoms with Gasteiger partial charge in [-0.05, 0) is 43.6 Å². The molecule has 2 aliphatic rings. The van der Waals surface area contributed by atoms with E-state index in [2.05, 4.69) is 6.58 Å². The molecule has 0 heterocycles. The smallest absolute Gasteiger partial charge is 0.156 e. The van der Waals surface area contributed by atoms with E-state index < -0.39 is 0 Å². The van der Waals surface area contributed by atoms with E-state index in [-0.39, 0.29) is 0 Å². The Labute approximate surface area is 79.5 Å². The molecule has 2 rings (SSSR count). The normalized spacial score (nSPS) is 31.7. The number of carbonyl (C=O) groups is 1. The zero-order valence-corrected chi connectivity index (χ0v) is 7.96. The maximum atomic E-state index is 11.2. The van der Waals surface area contributed by atoms with Crippen molar-refractivity contribution in [2.75, 3.05) is 0 Å². The Morgan fingerprint density at radius 2 is 2.38 bits per heavy atom.